The molecule has 0 spiro atoms. The van der Waals surface area contributed by atoms with Crippen molar-refractivity contribution in [3.8, 4) is 11.3 Å². The summed E-state index contributed by atoms with van der Waals surface area (Å²) >= 11 is 4.81. The summed E-state index contributed by atoms with van der Waals surface area (Å²) in [7, 11) is -12.4. The molecule has 11 heterocycles. The Morgan fingerprint density at radius 1 is 0.452 bits per heavy atom. The molecule has 1 aliphatic rings. The number of hydrogen-bond acceptors (Lipinski definition) is 17. The van der Waals surface area contributed by atoms with Crippen LogP contribution in [0.5, 0.6) is 0 Å². The second kappa shape index (κ2) is 21.7. The second-order valence-corrected chi connectivity index (χ2v) is 27.1. The Bertz CT molecular complexity index is 5070. The molecule has 1 aliphatic heterocycles. The predicted molar refractivity (Wildman–Crippen MR) is 328 cm³/mol. The minimum absolute atomic E-state index is 0.119. The molecule has 3 aromatic carbocycles. The van der Waals surface area contributed by atoms with Gasteiger partial charge < -0.3 is 9.31 Å². The van der Waals surface area contributed by atoms with Crippen molar-refractivity contribution in [3.63, 3.8) is 0 Å². The van der Waals surface area contributed by atoms with E-state index in [1.165, 1.54) is 29.9 Å². The first-order chi connectivity index (χ1) is 40.3. The van der Waals surface area contributed by atoms with Crippen LogP contribution in [0, 0.1) is 0 Å². The van der Waals surface area contributed by atoms with Gasteiger partial charge in [-0.1, -0.05) is 66.4 Å². The van der Waals surface area contributed by atoms with Crippen LogP contribution in [0.15, 0.2) is 220 Å². The van der Waals surface area contributed by atoms with Crippen LogP contribution in [0.1, 0.15) is 27.7 Å². The number of benzene rings is 3. The number of halogens is 1. The van der Waals surface area contributed by atoms with Gasteiger partial charge >= 0.3 is 7.12 Å². The number of nitrogens with zero attached hydrogens (tertiary/aromatic N) is 11. The summed E-state index contributed by atoms with van der Waals surface area (Å²) in [6, 6.07) is 38.8. The third-order valence-electron chi connectivity index (χ3n) is 14.6. The van der Waals surface area contributed by atoms with Crippen molar-refractivity contribution in [2.24, 2.45) is 0 Å². The monoisotopic (exact) mass is 1260 g/mol. The average Bonchev–Trinajstić information content (AvgIpc) is 2.24. The molecule has 10 aromatic heterocycles. The molecular formula is C59H47BBrN11O8S4. The summed E-state index contributed by atoms with van der Waals surface area (Å²) in [5, 5.41) is 4.99. The highest BCUT2D eigenvalue weighted by molar-refractivity contribution is 9.10. The highest BCUT2D eigenvalue weighted by Gasteiger charge is 2.53. The fourth-order valence-corrected chi connectivity index (χ4v) is 15.2. The summed E-state index contributed by atoms with van der Waals surface area (Å²) in [4.78, 5) is 34.9. The van der Waals surface area contributed by atoms with E-state index in [4.69, 9.17) is 9.31 Å². The zero-order valence-corrected chi connectivity index (χ0v) is 50.1. The lowest BCUT2D eigenvalue weighted by molar-refractivity contribution is 0.00578. The van der Waals surface area contributed by atoms with Gasteiger partial charge in [-0.2, -0.15) is 0 Å². The number of pyridine rings is 6. The van der Waals surface area contributed by atoms with E-state index < -0.39 is 48.4 Å². The number of rotatable bonds is 9. The van der Waals surface area contributed by atoms with Gasteiger partial charge in [0.15, 0.2) is 22.1 Å². The average molecular weight is 1260 g/mol. The molecule has 0 saturated carbocycles. The molecule has 0 unspecified atom stereocenters. The van der Waals surface area contributed by atoms with Crippen LogP contribution < -0.4 is 5.46 Å². The Morgan fingerprint density at radius 2 is 0.845 bits per heavy atom. The van der Waals surface area contributed by atoms with E-state index in [9.17, 15) is 25.3 Å². The Balaban J connectivity index is 0.000000125. The van der Waals surface area contributed by atoms with Crippen LogP contribution in [0.25, 0.3) is 77.1 Å². The quantitative estimate of drug-likeness (QED) is 0.0741. The van der Waals surface area contributed by atoms with Gasteiger partial charge in [0.05, 0.1) is 33.4 Å². The predicted octanol–water partition coefficient (Wildman–Crippen LogP) is 10.7. The molecule has 84 heavy (non-hydrogen) atoms. The van der Waals surface area contributed by atoms with Gasteiger partial charge in [0.2, 0.25) is 0 Å². The SMILES string of the molecule is CC1(C)OB(c2cn(S(=O)(=O)c3cccc4cccnc34)c3ncccc23)OC1(C)C.CSc1nccc(-c2cn(S(=O)(=O)c3cccc4cccnc34)c3ncccc23)n1.O=S(=O)(c1cccc2cccnc12)n1cc(Br)c2cccnc21. The highest BCUT2D eigenvalue weighted by atomic mass is 79.9. The van der Waals surface area contributed by atoms with E-state index in [1.807, 2.05) is 88.5 Å². The van der Waals surface area contributed by atoms with E-state index in [-0.39, 0.29) is 14.7 Å². The van der Waals surface area contributed by atoms with Crippen LogP contribution >= 0.6 is 27.7 Å². The molecule has 0 amide bonds. The summed E-state index contributed by atoms with van der Waals surface area (Å²) in [5.74, 6) is 0. The molecule has 0 aliphatic carbocycles. The molecule has 1 saturated heterocycles. The maximum Gasteiger partial charge on any atom is 0.497 e. The maximum absolute atomic E-state index is 13.7. The van der Waals surface area contributed by atoms with Crippen molar-refractivity contribution in [1.29, 1.82) is 0 Å². The number of fused-ring (bicyclic) bond motifs is 6. The zero-order valence-electron chi connectivity index (χ0n) is 45.2. The van der Waals surface area contributed by atoms with E-state index >= 15 is 0 Å². The second-order valence-electron chi connectivity index (χ2n) is 20.1. The van der Waals surface area contributed by atoms with Crippen molar-refractivity contribution in [2.75, 3.05) is 6.26 Å². The summed E-state index contributed by atoms with van der Waals surface area (Å²) in [6.45, 7) is 7.85. The standard InChI is InChI=1S/C22H22BN3O4S.C21H15N5O2S2.C16H10BrN3O2S/c1-21(2)22(3,4)30-23(29-21)17-14-26(20-16(17)10-7-13-25-20)31(27,28)18-11-5-8-15-9-6-12-24-19(15)18;1-29-21-24-12-9-17(25-21)16-13-26(20-15(16)7-4-11-23-20)30(27,28)18-8-2-5-14-6-3-10-22-19(14)18;17-13-10-20(16-12(13)6-3-9-19-16)23(21,22)14-7-1-4-11-5-2-8-18-15(11)14/h5-14H,1-4H3;2-13H,1H3;1-10H. The van der Waals surface area contributed by atoms with E-state index in [2.05, 4.69) is 55.8 Å². The molecule has 0 N–H and O–H groups in total. The molecule has 25 heteroatoms. The number of thioether (sulfide) groups is 1. The first kappa shape index (κ1) is 56.2. The zero-order chi connectivity index (χ0) is 58.8. The van der Waals surface area contributed by atoms with Gasteiger partial charge in [0.1, 0.15) is 14.7 Å². The van der Waals surface area contributed by atoms with E-state index in [0.717, 1.165) is 21.5 Å². The van der Waals surface area contributed by atoms with Crippen LogP contribution in [-0.2, 0) is 39.4 Å². The fourth-order valence-electron chi connectivity index (χ4n) is 9.75. The Hall–Kier alpha value is -8.30. The highest BCUT2D eigenvalue weighted by Crippen LogP contribution is 2.38. The lowest BCUT2D eigenvalue weighted by atomic mass is 9.79. The molecule has 0 radical (unpaired) electrons. The minimum atomic E-state index is -3.98. The van der Waals surface area contributed by atoms with Gasteiger partial charge in [-0.25, -0.2) is 62.1 Å². The lowest BCUT2D eigenvalue weighted by Crippen LogP contribution is -2.41. The van der Waals surface area contributed by atoms with Crippen molar-refractivity contribution in [2.45, 2.75) is 58.7 Å². The molecule has 1 fully saturated rings. The van der Waals surface area contributed by atoms with Gasteiger partial charge in [-0.3, -0.25) is 15.0 Å². The van der Waals surface area contributed by atoms with Crippen LogP contribution in [0.3, 0.4) is 0 Å². The first-order valence-electron chi connectivity index (χ1n) is 25.8. The van der Waals surface area contributed by atoms with Crippen LogP contribution in [-0.4, -0.2) is 102 Å². The van der Waals surface area contributed by atoms with E-state index in [0.29, 0.717) is 70.6 Å². The molecule has 0 atom stereocenters. The van der Waals surface area contributed by atoms with Crippen molar-refractivity contribution in [3.05, 3.63) is 200 Å². The Kier molecular flexibility index (Phi) is 14.5. The molecule has 19 nitrogen and oxygen atoms in total. The summed E-state index contributed by atoms with van der Waals surface area (Å²) in [5.41, 5.74) is 3.16. The lowest BCUT2D eigenvalue weighted by Gasteiger charge is -2.32. The topological polar surface area (TPSA) is 239 Å². The summed E-state index contributed by atoms with van der Waals surface area (Å²) < 4.78 is 97.8. The van der Waals surface area contributed by atoms with Gasteiger partial charge in [0, 0.05) is 110 Å². The molecule has 420 valence electrons. The minimum Gasteiger partial charge on any atom is -0.399 e. The number of para-hydroxylation sites is 3. The van der Waals surface area contributed by atoms with Crippen molar-refractivity contribution < 1.29 is 34.6 Å². The fraction of sp³-hybridized carbons (Fsp3) is 0.119. The van der Waals surface area contributed by atoms with Gasteiger partial charge in [-0.15, -0.1) is 0 Å². The van der Waals surface area contributed by atoms with E-state index in [1.54, 1.807) is 135 Å². The largest absolute Gasteiger partial charge is 0.497 e. The van der Waals surface area contributed by atoms with Crippen LogP contribution in [0.2, 0.25) is 0 Å². The third-order valence-corrected chi connectivity index (χ3v) is 20.8. The molecule has 13 aromatic rings. The Morgan fingerprint density at radius 3 is 1.33 bits per heavy atom. The number of aromatic nitrogens is 11. The molecule has 14 rings (SSSR count). The normalized spacial score (nSPS) is 14.2. The smallest absolute Gasteiger partial charge is 0.399 e. The number of hydrogen-bond donors (Lipinski definition) is 0. The molecular weight excluding hydrogens is 1210 g/mol. The van der Waals surface area contributed by atoms with Crippen LogP contribution in [0.4, 0.5) is 0 Å². The molecule has 0 bridgehead atoms. The van der Waals surface area contributed by atoms with Crippen molar-refractivity contribution in [1.82, 2.24) is 51.8 Å². The first-order valence-corrected chi connectivity index (χ1v) is 32.2. The maximum atomic E-state index is 13.7. The van der Waals surface area contributed by atoms with Gasteiger partial charge in [0.25, 0.3) is 30.1 Å². The van der Waals surface area contributed by atoms with Crippen molar-refractivity contribution >= 4 is 136 Å². The third kappa shape index (κ3) is 9.87. The summed E-state index contributed by atoms with van der Waals surface area (Å²) in [6.07, 6.45) is 17.7. The van der Waals surface area contributed by atoms with Gasteiger partial charge in [-0.05, 0) is 129 Å². The Labute approximate surface area is 495 Å².